The maximum Gasteiger partial charge on any atom is 0.0975 e. The summed E-state index contributed by atoms with van der Waals surface area (Å²) in [5.74, 6) is 0. The van der Waals surface area contributed by atoms with Crippen LogP contribution in [0.3, 0.4) is 0 Å². The van der Waals surface area contributed by atoms with Crippen LogP contribution in [0.4, 0.5) is 0 Å². The number of hydrogen-bond donors (Lipinski definition) is 2. The van der Waals surface area contributed by atoms with E-state index < -0.39 is 0 Å². The van der Waals surface area contributed by atoms with Gasteiger partial charge in [0.15, 0.2) is 0 Å². The highest BCUT2D eigenvalue weighted by molar-refractivity contribution is 5.66. The van der Waals surface area contributed by atoms with Crippen molar-refractivity contribution in [1.29, 1.82) is 0 Å². The molecule has 26 heavy (non-hydrogen) atoms. The first-order valence-corrected chi connectivity index (χ1v) is 8.89. The molecule has 3 aromatic rings. The minimum atomic E-state index is 0.0568. The molecule has 0 saturated heterocycles. The highest BCUT2D eigenvalue weighted by Crippen LogP contribution is 2.26. The van der Waals surface area contributed by atoms with Crippen molar-refractivity contribution < 1.29 is 9.84 Å². The van der Waals surface area contributed by atoms with Crippen LogP contribution in [0, 0.1) is 6.92 Å². The minimum absolute atomic E-state index is 0.0568. The molecule has 0 amide bonds. The average Bonchev–Trinajstić information content (AvgIpc) is 3.09. The summed E-state index contributed by atoms with van der Waals surface area (Å²) in [5, 5.41) is 17.0. The number of hydrogen-bond acceptors (Lipinski definition) is 4. The highest BCUT2D eigenvalue weighted by atomic mass is 16.5. The van der Waals surface area contributed by atoms with Crippen molar-refractivity contribution in [3.63, 3.8) is 0 Å². The quantitative estimate of drug-likeness (QED) is 0.582. The number of aliphatic hydroxyl groups excluding tert-OH is 1. The molecule has 1 aromatic heterocycles. The molecule has 0 spiro atoms. The lowest BCUT2D eigenvalue weighted by Gasteiger charge is -2.07. The Morgan fingerprint density at radius 3 is 2.58 bits per heavy atom. The van der Waals surface area contributed by atoms with Gasteiger partial charge in [-0.25, -0.2) is 4.68 Å². The predicted molar refractivity (Wildman–Crippen MR) is 103 cm³/mol. The van der Waals surface area contributed by atoms with Crippen LogP contribution in [0.25, 0.3) is 16.9 Å². The summed E-state index contributed by atoms with van der Waals surface area (Å²) in [6.07, 6.45) is 2.08. The summed E-state index contributed by atoms with van der Waals surface area (Å²) in [4.78, 5) is 0. The maximum atomic E-state index is 8.74. The van der Waals surface area contributed by atoms with Gasteiger partial charge < -0.3 is 15.2 Å². The molecule has 136 valence electrons. The van der Waals surface area contributed by atoms with Crippen LogP contribution in [-0.4, -0.2) is 41.3 Å². The summed E-state index contributed by atoms with van der Waals surface area (Å²) < 4.78 is 7.23. The molecule has 5 nitrogen and oxygen atoms in total. The lowest BCUT2D eigenvalue weighted by molar-refractivity contribution is 0.0938. The fourth-order valence-electron chi connectivity index (χ4n) is 2.85. The molecular weight excluding hydrogens is 326 g/mol. The number of rotatable bonds is 9. The van der Waals surface area contributed by atoms with Gasteiger partial charge in [0.25, 0.3) is 0 Å². The third kappa shape index (κ3) is 4.58. The second-order valence-corrected chi connectivity index (χ2v) is 6.11. The van der Waals surface area contributed by atoms with Gasteiger partial charge in [0, 0.05) is 30.4 Å². The molecule has 0 aliphatic rings. The number of nitrogens with one attached hydrogen (secondary N) is 1. The van der Waals surface area contributed by atoms with Crippen molar-refractivity contribution in [3.8, 4) is 16.9 Å². The van der Waals surface area contributed by atoms with Crippen LogP contribution >= 0.6 is 0 Å². The smallest absolute Gasteiger partial charge is 0.0975 e. The summed E-state index contributed by atoms with van der Waals surface area (Å²) >= 11 is 0. The standard InChI is InChI=1S/C21H25N3O2/c1-17-7-5-6-10-20(17)21-18(15-22-11-13-26-14-12-25)16-24(23-21)19-8-3-2-4-9-19/h2-10,16,22,25H,11-15H2,1H3. The molecule has 2 aromatic carbocycles. The maximum absolute atomic E-state index is 8.74. The lowest BCUT2D eigenvalue weighted by atomic mass is 10.0. The Balaban J connectivity index is 1.82. The first kappa shape index (κ1) is 18.3. The zero-order chi connectivity index (χ0) is 18.2. The van der Waals surface area contributed by atoms with Crippen molar-refractivity contribution in [2.24, 2.45) is 0 Å². The molecule has 0 radical (unpaired) electrons. The van der Waals surface area contributed by atoms with Crippen LogP contribution in [-0.2, 0) is 11.3 Å². The van der Waals surface area contributed by atoms with Crippen LogP contribution in [0.15, 0.2) is 60.8 Å². The van der Waals surface area contributed by atoms with Gasteiger partial charge in [-0.1, -0.05) is 42.5 Å². The van der Waals surface area contributed by atoms with Crippen molar-refractivity contribution in [3.05, 3.63) is 71.9 Å². The number of aliphatic hydroxyl groups is 1. The molecule has 0 atom stereocenters. The Morgan fingerprint density at radius 1 is 1.04 bits per heavy atom. The topological polar surface area (TPSA) is 59.3 Å². The molecule has 0 fully saturated rings. The Kier molecular flexibility index (Phi) is 6.55. The van der Waals surface area contributed by atoms with Crippen LogP contribution in [0.1, 0.15) is 11.1 Å². The Bertz CT molecular complexity index is 815. The van der Waals surface area contributed by atoms with E-state index in [2.05, 4.69) is 42.7 Å². The van der Waals surface area contributed by atoms with E-state index in [-0.39, 0.29) is 6.61 Å². The zero-order valence-electron chi connectivity index (χ0n) is 15.1. The number of benzene rings is 2. The minimum Gasteiger partial charge on any atom is -0.394 e. The van der Waals surface area contributed by atoms with Gasteiger partial charge in [-0.2, -0.15) is 5.10 Å². The average molecular weight is 351 g/mol. The molecule has 0 aliphatic carbocycles. The number of nitrogens with zero attached hydrogens (tertiary/aromatic N) is 2. The Hall–Kier alpha value is -2.47. The van der Waals surface area contributed by atoms with E-state index >= 15 is 0 Å². The van der Waals surface area contributed by atoms with Crippen LogP contribution in [0.2, 0.25) is 0 Å². The third-order valence-corrected chi connectivity index (χ3v) is 4.19. The molecule has 0 aliphatic heterocycles. The molecule has 0 unspecified atom stereocenters. The number of para-hydroxylation sites is 1. The van der Waals surface area contributed by atoms with E-state index in [4.69, 9.17) is 14.9 Å². The fourth-order valence-corrected chi connectivity index (χ4v) is 2.85. The SMILES string of the molecule is Cc1ccccc1-c1nn(-c2ccccc2)cc1CNCCOCCO. The molecule has 2 N–H and O–H groups in total. The van der Waals surface area contributed by atoms with E-state index in [1.165, 1.54) is 5.56 Å². The largest absolute Gasteiger partial charge is 0.394 e. The molecule has 0 saturated carbocycles. The first-order valence-electron chi connectivity index (χ1n) is 8.89. The number of ether oxygens (including phenoxy) is 1. The molecule has 3 rings (SSSR count). The third-order valence-electron chi connectivity index (χ3n) is 4.19. The van der Waals surface area contributed by atoms with Gasteiger partial charge in [0.05, 0.1) is 31.2 Å². The normalized spacial score (nSPS) is 11.0. The van der Waals surface area contributed by atoms with E-state index in [1.54, 1.807) is 0 Å². The second kappa shape index (κ2) is 9.29. The lowest BCUT2D eigenvalue weighted by Crippen LogP contribution is -2.20. The van der Waals surface area contributed by atoms with Crippen molar-refractivity contribution in [2.75, 3.05) is 26.4 Å². The fraction of sp³-hybridized carbons (Fsp3) is 0.286. The van der Waals surface area contributed by atoms with E-state index in [1.807, 2.05) is 35.0 Å². The van der Waals surface area contributed by atoms with Crippen LogP contribution in [0.5, 0.6) is 0 Å². The summed E-state index contributed by atoms with van der Waals surface area (Å²) in [5.41, 5.74) is 5.54. The second-order valence-electron chi connectivity index (χ2n) is 6.11. The van der Waals surface area contributed by atoms with Gasteiger partial charge in [-0.15, -0.1) is 0 Å². The van der Waals surface area contributed by atoms with Gasteiger partial charge >= 0.3 is 0 Å². The molecular formula is C21H25N3O2. The van der Waals surface area contributed by atoms with E-state index in [0.29, 0.717) is 19.8 Å². The summed E-state index contributed by atoms with van der Waals surface area (Å²) in [6, 6.07) is 18.4. The Labute approximate surface area is 154 Å². The predicted octanol–water partition coefficient (Wildman–Crippen LogP) is 2.95. The zero-order valence-corrected chi connectivity index (χ0v) is 15.1. The van der Waals surface area contributed by atoms with Gasteiger partial charge in [-0.05, 0) is 24.6 Å². The molecule has 0 bridgehead atoms. The van der Waals surface area contributed by atoms with E-state index in [0.717, 1.165) is 29.1 Å². The van der Waals surface area contributed by atoms with Gasteiger partial charge in [0.1, 0.15) is 0 Å². The molecule has 5 heteroatoms. The Morgan fingerprint density at radius 2 is 1.81 bits per heavy atom. The van der Waals surface area contributed by atoms with Gasteiger partial charge in [0.2, 0.25) is 0 Å². The highest BCUT2D eigenvalue weighted by Gasteiger charge is 2.13. The first-order chi connectivity index (χ1) is 12.8. The van der Waals surface area contributed by atoms with Gasteiger partial charge in [-0.3, -0.25) is 0 Å². The summed E-state index contributed by atoms with van der Waals surface area (Å²) in [7, 11) is 0. The monoisotopic (exact) mass is 351 g/mol. The van der Waals surface area contributed by atoms with E-state index in [9.17, 15) is 0 Å². The summed E-state index contributed by atoms with van der Waals surface area (Å²) in [6.45, 7) is 4.55. The number of aryl methyl sites for hydroxylation is 1. The number of aromatic nitrogens is 2. The van der Waals surface area contributed by atoms with Crippen molar-refractivity contribution >= 4 is 0 Å². The van der Waals surface area contributed by atoms with Crippen molar-refractivity contribution in [2.45, 2.75) is 13.5 Å². The van der Waals surface area contributed by atoms with Crippen molar-refractivity contribution in [1.82, 2.24) is 15.1 Å². The molecule has 1 heterocycles. The van der Waals surface area contributed by atoms with Crippen LogP contribution < -0.4 is 5.32 Å².